The number of nitrogens with two attached hydrogens (primary N) is 2. The van der Waals surface area contributed by atoms with Crippen molar-refractivity contribution in [2.45, 2.75) is 33.4 Å². The molecule has 0 bridgehead atoms. The maximum absolute atomic E-state index is 12.1. The highest BCUT2D eigenvalue weighted by atomic mass is 16.2. The molecule has 1 aromatic rings. The lowest BCUT2D eigenvalue weighted by Crippen LogP contribution is -2.48. The summed E-state index contributed by atoms with van der Waals surface area (Å²) in [5.41, 5.74) is 11.9. The lowest BCUT2D eigenvalue weighted by Gasteiger charge is -2.19. The number of amides is 2. The SMILES string of the molecule is CCn1cc(N)cc1C(=O)NC(C(N)=O)C(C)C. The predicted octanol–water partition coefficient (Wildman–Crippen LogP) is 0.330. The van der Waals surface area contributed by atoms with Crippen LogP contribution in [0.3, 0.4) is 0 Å². The molecule has 1 atom stereocenters. The molecular weight excluding hydrogens is 232 g/mol. The Balaban J connectivity index is 2.90. The third-order valence-electron chi connectivity index (χ3n) is 2.75. The smallest absolute Gasteiger partial charge is 0.268 e. The van der Waals surface area contributed by atoms with Gasteiger partial charge in [-0.1, -0.05) is 13.8 Å². The summed E-state index contributed by atoms with van der Waals surface area (Å²) in [6, 6.07) is 0.899. The Bertz CT molecular complexity index is 451. The van der Waals surface area contributed by atoms with E-state index in [0.29, 0.717) is 17.9 Å². The Morgan fingerprint density at radius 3 is 2.50 bits per heavy atom. The molecule has 5 N–H and O–H groups in total. The largest absolute Gasteiger partial charge is 0.397 e. The molecular formula is C12H20N4O2. The first-order valence-corrected chi connectivity index (χ1v) is 5.92. The fourth-order valence-electron chi connectivity index (χ4n) is 1.77. The van der Waals surface area contributed by atoms with Gasteiger partial charge in [0, 0.05) is 12.7 Å². The molecule has 0 fully saturated rings. The summed E-state index contributed by atoms with van der Waals surface area (Å²) in [7, 11) is 0. The van der Waals surface area contributed by atoms with Crippen LogP contribution in [0.15, 0.2) is 12.3 Å². The predicted molar refractivity (Wildman–Crippen MR) is 69.8 cm³/mol. The second kappa shape index (κ2) is 5.57. The molecule has 0 aliphatic rings. The molecule has 1 heterocycles. The van der Waals surface area contributed by atoms with Crippen molar-refractivity contribution in [1.29, 1.82) is 0 Å². The average molecular weight is 252 g/mol. The van der Waals surface area contributed by atoms with Crippen LogP contribution in [0.5, 0.6) is 0 Å². The highest BCUT2D eigenvalue weighted by Gasteiger charge is 2.23. The van der Waals surface area contributed by atoms with Crippen molar-refractivity contribution in [3.63, 3.8) is 0 Å². The molecule has 2 amide bonds. The van der Waals surface area contributed by atoms with Crippen LogP contribution in [0.2, 0.25) is 0 Å². The van der Waals surface area contributed by atoms with E-state index < -0.39 is 11.9 Å². The van der Waals surface area contributed by atoms with Crippen LogP contribution in [-0.2, 0) is 11.3 Å². The molecule has 1 unspecified atom stereocenters. The minimum absolute atomic E-state index is 0.0613. The number of nitrogens with zero attached hydrogens (tertiary/aromatic N) is 1. The summed E-state index contributed by atoms with van der Waals surface area (Å²) in [5, 5.41) is 2.63. The van der Waals surface area contributed by atoms with Crippen LogP contribution in [0.4, 0.5) is 5.69 Å². The summed E-state index contributed by atoms with van der Waals surface area (Å²) in [5.74, 6) is -0.944. The van der Waals surface area contributed by atoms with Crippen molar-refractivity contribution in [3.8, 4) is 0 Å². The first-order chi connectivity index (χ1) is 8.36. The lowest BCUT2D eigenvalue weighted by molar-refractivity contribution is -0.120. The van der Waals surface area contributed by atoms with Gasteiger partial charge in [-0.2, -0.15) is 0 Å². The Kier molecular flexibility index (Phi) is 4.36. The zero-order chi connectivity index (χ0) is 13.9. The molecule has 6 heteroatoms. The number of nitrogen functional groups attached to an aromatic ring is 1. The molecule has 0 spiro atoms. The van der Waals surface area contributed by atoms with Gasteiger partial charge in [-0.15, -0.1) is 0 Å². The quantitative estimate of drug-likeness (QED) is 0.703. The van der Waals surface area contributed by atoms with Crippen LogP contribution in [0.25, 0.3) is 0 Å². The molecule has 0 radical (unpaired) electrons. The van der Waals surface area contributed by atoms with Crippen LogP contribution < -0.4 is 16.8 Å². The number of primary amides is 1. The van der Waals surface area contributed by atoms with E-state index in [9.17, 15) is 9.59 Å². The summed E-state index contributed by atoms with van der Waals surface area (Å²) in [4.78, 5) is 23.3. The highest BCUT2D eigenvalue weighted by molar-refractivity contribution is 5.97. The van der Waals surface area contributed by atoms with Crippen molar-refractivity contribution in [2.75, 3.05) is 5.73 Å². The molecule has 1 aromatic heterocycles. The van der Waals surface area contributed by atoms with Gasteiger partial charge in [-0.05, 0) is 18.9 Å². The molecule has 0 aliphatic heterocycles. The first kappa shape index (κ1) is 14.1. The van der Waals surface area contributed by atoms with Crippen molar-refractivity contribution in [2.24, 2.45) is 11.7 Å². The Labute approximate surface area is 106 Å². The minimum Gasteiger partial charge on any atom is -0.397 e. The molecule has 0 saturated carbocycles. The Morgan fingerprint density at radius 1 is 1.44 bits per heavy atom. The second-order valence-corrected chi connectivity index (χ2v) is 4.54. The monoisotopic (exact) mass is 252 g/mol. The van der Waals surface area contributed by atoms with Crippen LogP contribution in [-0.4, -0.2) is 22.4 Å². The van der Waals surface area contributed by atoms with Gasteiger partial charge < -0.3 is 21.4 Å². The normalized spacial score (nSPS) is 12.4. The second-order valence-electron chi connectivity index (χ2n) is 4.54. The van der Waals surface area contributed by atoms with Gasteiger partial charge in [-0.3, -0.25) is 9.59 Å². The van der Waals surface area contributed by atoms with Crippen LogP contribution >= 0.6 is 0 Å². The molecule has 0 aromatic carbocycles. The van der Waals surface area contributed by atoms with Crippen molar-refractivity contribution >= 4 is 17.5 Å². The van der Waals surface area contributed by atoms with Gasteiger partial charge in [0.15, 0.2) is 0 Å². The van der Waals surface area contributed by atoms with E-state index in [1.165, 1.54) is 0 Å². The standard InChI is InChI=1S/C12H20N4O2/c1-4-16-6-8(13)5-9(16)12(18)15-10(7(2)3)11(14)17/h5-7,10H,4,13H2,1-3H3,(H2,14,17)(H,15,18). The fraction of sp³-hybridized carbons (Fsp3) is 0.500. The molecule has 6 nitrogen and oxygen atoms in total. The van der Waals surface area contributed by atoms with Gasteiger partial charge in [0.25, 0.3) is 5.91 Å². The van der Waals surface area contributed by atoms with E-state index in [2.05, 4.69) is 5.32 Å². The third-order valence-corrected chi connectivity index (χ3v) is 2.75. The highest BCUT2D eigenvalue weighted by Crippen LogP contribution is 2.11. The Hall–Kier alpha value is -1.98. The first-order valence-electron chi connectivity index (χ1n) is 5.92. The van der Waals surface area contributed by atoms with Crippen molar-refractivity contribution in [3.05, 3.63) is 18.0 Å². The third kappa shape index (κ3) is 3.03. The summed E-state index contributed by atoms with van der Waals surface area (Å²) in [6.45, 7) is 6.18. The number of hydrogen-bond donors (Lipinski definition) is 3. The van der Waals surface area contributed by atoms with Gasteiger partial charge in [0.05, 0.1) is 5.69 Å². The number of aryl methyl sites for hydroxylation is 1. The molecule has 18 heavy (non-hydrogen) atoms. The van der Waals surface area contributed by atoms with Gasteiger partial charge in [-0.25, -0.2) is 0 Å². The van der Waals surface area contributed by atoms with E-state index in [4.69, 9.17) is 11.5 Å². The number of nitrogens with one attached hydrogen (secondary N) is 1. The molecule has 1 rings (SSSR count). The van der Waals surface area contributed by atoms with E-state index in [1.54, 1.807) is 16.8 Å². The van der Waals surface area contributed by atoms with Crippen molar-refractivity contribution in [1.82, 2.24) is 9.88 Å². The molecule has 0 aliphatic carbocycles. The summed E-state index contributed by atoms with van der Waals surface area (Å²) in [6.07, 6.45) is 1.68. The van der Waals surface area contributed by atoms with Crippen molar-refractivity contribution < 1.29 is 9.59 Å². The zero-order valence-electron chi connectivity index (χ0n) is 10.9. The minimum atomic E-state index is -0.682. The van der Waals surface area contributed by atoms with E-state index in [-0.39, 0.29) is 11.8 Å². The number of hydrogen-bond acceptors (Lipinski definition) is 3. The number of carbonyl (C=O) groups is 2. The zero-order valence-corrected chi connectivity index (χ0v) is 10.9. The maximum Gasteiger partial charge on any atom is 0.268 e. The average Bonchev–Trinajstić information content (AvgIpc) is 2.66. The van der Waals surface area contributed by atoms with Crippen LogP contribution in [0.1, 0.15) is 31.3 Å². The summed E-state index contributed by atoms with van der Waals surface area (Å²) >= 11 is 0. The number of carbonyl (C=O) groups excluding carboxylic acids is 2. The number of rotatable bonds is 5. The number of aromatic nitrogens is 1. The summed E-state index contributed by atoms with van der Waals surface area (Å²) < 4.78 is 1.73. The molecule has 100 valence electrons. The van der Waals surface area contributed by atoms with Gasteiger partial charge >= 0.3 is 0 Å². The van der Waals surface area contributed by atoms with Gasteiger partial charge in [0.1, 0.15) is 11.7 Å². The van der Waals surface area contributed by atoms with E-state index >= 15 is 0 Å². The van der Waals surface area contributed by atoms with E-state index in [0.717, 1.165) is 0 Å². The maximum atomic E-state index is 12.1. The molecule has 0 saturated heterocycles. The van der Waals surface area contributed by atoms with E-state index in [1.807, 2.05) is 20.8 Å². The van der Waals surface area contributed by atoms with Crippen LogP contribution in [0, 0.1) is 5.92 Å². The Morgan fingerprint density at radius 2 is 2.06 bits per heavy atom. The topological polar surface area (TPSA) is 103 Å². The lowest BCUT2D eigenvalue weighted by atomic mass is 10.0. The fourth-order valence-corrected chi connectivity index (χ4v) is 1.77. The number of anilines is 1. The van der Waals surface area contributed by atoms with Gasteiger partial charge in [0.2, 0.25) is 5.91 Å².